The first-order valence-electron chi connectivity index (χ1n) is 18.2. The Kier molecular flexibility index (Phi) is 15.3. The van der Waals surface area contributed by atoms with E-state index in [9.17, 15) is 36.2 Å². The van der Waals surface area contributed by atoms with Crippen molar-refractivity contribution in [1.82, 2.24) is 15.0 Å². The smallest absolute Gasteiger partial charge is 0.297 e. The number of hydrogen-bond donors (Lipinski definition) is 6. The number of azo groups is 2. The fraction of sp³-hybridized carbons (Fsp3) is 0.343. The number of aliphatic hydroxyl groups excluding tert-OH is 2. The third-order valence-electron chi connectivity index (χ3n) is 8.63. The van der Waals surface area contributed by atoms with Gasteiger partial charge in [0.25, 0.3) is 20.2 Å². The average Bonchev–Trinajstić information content (AvgIpc) is 3.89. The van der Waals surface area contributed by atoms with Gasteiger partial charge in [-0.2, -0.15) is 31.8 Å². The third-order valence-corrected chi connectivity index (χ3v) is 12.3. The molecule has 6 N–H and O–H groups in total. The number of benzene rings is 2. The lowest BCUT2D eigenvalue weighted by atomic mass is 10.2. The van der Waals surface area contributed by atoms with Crippen LogP contribution in [-0.4, -0.2) is 104 Å². The molecule has 0 fully saturated rings. The first-order chi connectivity index (χ1) is 28.2. The fourth-order valence-electron chi connectivity index (χ4n) is 5.72. The van der Waals surface area contributed by atoms with Gasteiger partial charge in [0.2, 0.25) is 17.8 Å². The second kappa shape index (κ2) is 20.2. The van der Waals surface area contributed by atoms with Crippen LogP contribution in [0.2, 0.25) is 0 Å². The lowest BCUT2D eigenvalue weighted by Gasteiger charge is -2.24. The van der Waals surface area contributed by atoms with Crippen LogP contribution in [0.25, 0.3) is 0 Å². The number of aromatic nitrogens is 3. The molecule has 0 aliphatic heterocycles. The van der Waals surface area contributed by atoms with Crippen LogP contribution in [0.15, 0.2) is 89.5 Å². The molecule has 0 unspecified atom stereocenters. The van der Waals surface area contributed by atoms with E-state index in [1.807, 2.05) is 39.8 Å². The molecule has 20 nitrogen and oxygen atoms in total. The predicted octanol–water partition coefficient (Wildman–Crippen LogP) is 7.29. The lowest BCUT2D eigenvalue weighted by molar-refractivity contribution is 0.280. The normalized spacial score (nSPS) is 12.1. The van der Waals surface area contributed by atoms with Crippen LogP contribution in [0.1, 0.15) is 27.7 Å². The topological polar surface area (TPSA) is 271 Å². The van der Waals surface area contributed by atoms with E-state index in [4.69, 9.17) is 0 Å². The van der Waals surface area contributed by atoms with Gasteiger partial charge in [0.1, 0.15) is 21.2 Å². The van der Waals surface area contributed by atoms with Crippen LogP contribution in [0.5, 0.6) is 0 Å². The summed E-state index contributed by atoms with van der Waals surface area (Å²) in [7, 11) is -9.11. The highest BCUT2D eigenvalue weighted by atomic mass is 32.2. The Morgan fingerprint density at radius 1 is 0.593 bits per heavy atom. The van der Waals surface area contributed by atoms with Crippen molar-refractivity contribution in [3.8, 4) is 0 Å². The van der Waals surface area contributed by atoms with Crippen molar-refractivity contribution < 1.29 is 36.2 Å². The highest BCUT2D eigenvalue weighted by molar-refractivity contribution is 7.86. The number of anilines is 7. The molecule has 0 spiro atoms. The molecule has 0 aliphatic rings. The van der Waals surface area contributed by atoms with E-state index in [1.54, 1.807) is 29.2 Å². The van der Waals surface area contributed by atoms with Crippen molar-refractivity contribution in [1.29, 1.82) is 0 Å². The molecule has 3 aromatic heterocycles. The minimum atomic E-state index is -4.56. The summed E-state index contributed by atoms with van der Waals surface area (Å²) < 4.78 is 67.1. The quantitative estimate of drug-likeness (QED) is 0.0312. The van der Waals surface area contributed by atoms with Gasteiger partial charge in [-0.25, -0.2) is 0 Å². The Bertz CT molecular complexity index is 2320. The molecule has 3 heterocycles. The molecule has 316 valence electrons. The van der Waals surface area contributed by atoms with Crippen molar-refractivity contribution in [2.75, 3.05) is 77.8 Å². The van der Waals surface area contributed by atoms with E-state index in [-0.39, 0.29) is 75.3 Å². The molecule has 0 atom stereocenters. The molecular formula is C35H44N12O8S4. The average molecular weight is 889 g/mol. The van der Waals surface area contributed by atoms with Crippen molar-refractivity contribution in [2.24, 2.45) is 20.5 Å². The molecule has 59 heavy (non-hydrogen) atoms. The maximum Gasteiger partial charge on any atom is 0.297 e. The summed E-state index contributed by atoms with van der Waals surface area (Å²) in [6.45, 7) is 10.3. The van der Waals surface area contributed by atoms with Crippen molar-refractivity contribution in [3.05, 3.63) is 59.3 Å². The Hall–Kier alpha value is -5.21. The number of hydrogen-bond acceptors (Lipinski definition) is 20. The predicted molar refractivity (Wildman–Crippen MR) is 229 cm³/mol. The molecule has 0 bridgehead atoms. The van der Waals surface area contributed by atoms with Crippen molar-refractivity contribution in [2.45, 2.75) is 37.5 Å². The van der Waals surface area contributed by atoms with Gasteiger partial charge < -0.3 is 35.5 Å². The van der Waals surface area contributed by atoms with E-state index < -0.39 is 20.2 Å². The van der Waals surface area contributed by atoms with Crippen LogP contribution >= 0.6 is 22.7 Å². The number of thiophene rings is 2. The lowest BCUT2D eigenvalue weighted by Crippen LogP contribution is -2.31. The molecule has 24 heteroatoms. The van der Waals surface area contributed by atoms with Gasteiger partial charge >= 0.3 is 0 Å². The summed E-state index contributed by atoms with van der Waals surface area (Å²) in [4.78, 5) is 18.9. The molecule has 0 aliphatic carbocycles. The summed E-state index contributed by atoms with van der Waals surface area (Å²) in [5, 5.41) is 46.0. The number of nitrogens with one attached hydrogen (secondary N) is 2. The first-order valence-corrected chi connectivity index (χ1v) is 22.8. The van der Waals surface area contributed by atoms with Crippen molar-refractivity contribution >= 4 is 105 Å². The molecule has 0 saturated heterocycles. The SMILES string of the molecule is CCN(CC)c1ccc(N=Nc2sccc2S(=O)(=O)O)c(Nc2nc(Nc3cc(N(CC)CC)ccc3N=Nc3sccc3S(=O)(=O)O)nc(N(CCO)CCO)n2)c1. The van der Waals surface area contributed by atoms with E-state index in [0.717, 1.165) is 34.0 Å². The maximum absolute atomic E-state index is 11.9. The summed E-state index contributed by atoms with van der Waals surface area (Å²) in [6.07, 6.45) is 0. The zero-order valence-electron chi connectivity index (χ0n) is 32.5. The fourth-order valence-corrected chi connectivity index (χ4v) is 9.03. The number of rotatable bonds is 21. The van der Waals surface area contributed by atoms with Gasteiger partial charge in [-0.3, -0.25) is 9.11 Å². The molecule has 5 aromatic rings. The Morgan fingerprint density at radius 2 is 1.00 bits per heavy atom. The second-order valence-electron chi connectivity index (χ2n) is 12.2. The molecule has 5 rings (SSSR count). The van der Waals surface area contributed by atoms with Gasteiger partial charge in [0.15, 0.2) is 10.0 Å². The van der Waals surface area contributed by atoms with Gasteiger partial charge in [-0.15, -0.1) is 43.1 Å². The minimum Gasteiger partial charge on any atom is -0.395 e. The maximum atomic E-state index is 11.9. The third kappa shape index (κ3) is 11.5. The van der Waals surface area contributed by atoms with E-state index in [0.29, 0.717) is 37.6 Å². The standard InChI is InChI=1S/C35H44N12O8S4/c1-5-45(6-2)23-9-11-25(41-43-31-29(13-19-56-31)58(50,51)52)27(21-23)36-33-38-34(40-35(39-33)47(15-17-48)16-18-49)37-28-22-24(46(7-3)8-4)10-12-26(28)42-44-32-30(14-20-57-32)59(53,54)55/h9-14,19-22,48-49H,5-8,15-18H2,1-4H3,(H,50,51,52)(H,53,54,55)(H2,36,37,38,39,40). The summed E-state index contributed by atoms with van der Waals surface area (Å²) >= 11 is 1.96. The zero-order chi connectivity index (χ0) is 42.7. The van der Waals surface area contributed by atoms with Gasteiger partial charge in [-0.05, 0) is 87.0 Å². The molecule has 0 amide bonds. The monoisotopic (exact) mass is 888 g/mol. The van der Waals surface area contributed by atoms with Crippen LogP contribution in [-0.2, 0) is 20.2 Å². The van der Waals surface area contributed by atoms with E-state index >= 15 is 0 Å². The van der Waals surface area contributed by atoms with Gasteiger partial charge in [-0.1, -0.05) is 0 Å². The Labute approximate surface area is 349 Å². The van der Waals surface area contributed by atoms with Gasteiger partial charge in [0, 0.05) is 50.6 Å². The Morgan fingerprint density at radius 3 is 1.36 bits per heavy atom. The van der Waals surface area contributed by atoms with Crippen LogP contribution in [0, 0.1) is 0 Å². The molecule has 0 saturated carbocycles. The highest BCUT2D eigenvalue weighted by Crippen LogP contribution is 2.39. The van der Waals surface area contributed by atoms with Crippen LogP contribution < -0.4 is 25.3 Å². The highest BCUT2D eigenvalue weighted by Gasteiger charge is 2.20. The van der Waals surface area contributed by atoms with E-state index in [2.05, 4.69) is 55.8 Å². The summed E-state index contributed by atoms with van der Waals surface area (Å²) in [5.41, 5.74) is 2.89. The van der Waals surface area contributed by atoms with Crippen molar-refractivity contribution in [3.63, 3.8) is 0 Å². The minimum absolute atomic E-state index is 0.000675. The van der Waals surface area contributed by atoms with Crippen LogP contribution in [0.3, 0.4) is 0 Å². The Balaban J connectivity index is 1.64. The molecular weight excluding hydrogens is 845 g/mol. The molecule has 0 radical (unpaired) electrons. The van der Waals surface area contributed by atoms with E-state index in [1.165, 1.54) is 22.9 Å². The van der Waals surface area contributed by atoms with Crippen LogP contribution in [0.4, 0.5) is 62.0 Å². The largest absolute Gasteiger partial charge is 0.395 e. The first kappa shape index (κ1) is 44.9. The zero-order valence-corrected chi connectivity index (χ0v) is 35.7. The number of nitrogens with zero attached hydrogens (tertiary/aromatic N) is 10. The number of aliphatic hydroxyl groups is 2. The molecule has 2 aromatic carbocycles. The summed E-state index contributed by atoms with van der Waals surface area (Å²) in [6, 6.07) is 13.1. The second-order valence-corrected chi connectivity index (χ2v) is 16.8. The summed E-state index contributed by atoms with van der Waals surface area (Å²) in [5.74, 6) is 0.0773. The van der Waals surface area contributed by atoms with Gasteiger partial charge in [0.05, 0.1) is 24.6 Å².